The van der Waals surface area contributed by atoms with E-state index in [4.69, 9.17) is 11.6 Å². The fourth-order valence-corrected chi connectivity index (χ4v) is 4.50. The molecule has 0 fully saturated rings. The van der Waals surface area contributed by atoms with Crippen molar-refractivity contribution >= 4 is 40.0 Å². The normalized spacial score (nSPS) is 10.9. The molecular formula is C23H20ClN3OS. The minimum atomic E-state index is -0.00653. The summed E-state index contributed by atoms with van der Waals surface area (Å²) in [6, 6.07) is 21.9. The first-order valence-corrected chi connectivity index (χ1v) is 10.7. The molecule has 4 rings (SSSR count). The van der Waals surface area contributed by atoms with Gasteiger partial charge in [-0.1, -0.05) is 60.1 Å². The van der Waals surface area contributed by atoms with Gasteiger partial charge in [0.05, 0.1) is 12.3 Å². The molecule has 0 bridgehead atoms. The molecule has 0 spiro atoms. The Labute approximate surface area is 178 Å². The number of amides is 1. The summed E-state index contributed by atoms with van der Waals surface area (Å²) in [5.41, 5.74) is 2.24. The van der Waals surface area contributed by atoms with E-state index in [0.29, 0.717) is 23.9 Å². The van der Waals surface area contributed by atoms with Crippen LogP contribution in [0.5, 0.6) is 0 Å². The van der Waals surface area contributed by atoms with Gasteiger partial charge in [-0.25, -0.2) is 0 Å². The summed E-state index contributed by atoms with van der Waals surface area (Å²) >= 11 is 7.88. The highest BCUT2D eigenvalue weighted by Gasteiger charge is 2.09. The first-order chi connectivity index (χ1) is 14.2. The lowest BCUT2D eigenvalue weighted by atomic mass is 10.1. The van der Waals surface area contributed by atoms with E-state index >= 15 is 0 Å². The first kappa shape index (κ1) is 19.6. The van der Waals surface area contributed by atoms with Crippen LogP contribution in [0.2, 0.25) is 5.02 Å². The molecule has 0 aliphatic carbocycles. The van der Waals surface area contributed by atoms with E-state index in [0.717, 1.165) is 26.8 Å². The van der Waals surface area contributed by atoms with Gasteiger partial charge < -0.3 is 5.32 Å². The minimum absolute atomic E-state index is 0.00653. The molecule has 0 atom stereocenters. The second-order valence-corrected chi connectivity index (χ2v) is 8.06. The molecular weight excluding hydrogens is 402 g/mol. The van der Waals surface area contributed by atoms with Crippen LogP contribution in [0.25, 0.3) is 10.8 Å². The second kappa shape index (κ2) is 9.16. The van der Waals surface area contributed by atoms with Gasteiger partial charge >= 0.3 is 0 Å². The zero-order valence-electron chi connectivity index (χ0n) is 15.7. The van der Waals surface area contributed by atoms with Crippen LogP contribution in [0.1, 0.15) is 11.1 Å². The summed E-state index contributed by atoms with van der Waals surface area (Å²) in [6.07, 6.45) is 3.70. The van der Waals surface area contributed by atoms with Crippen LogP contribution in [-0.4, -0.2) is 21.4 Å². The molecule has 0 unspecified atom stereocenters. The van der Waals surface area contributed by atoms with Gasteiger partial charge in [0, 0.05) is 34.2 Å². The number of carbonyl (C=O) groups excluding carboxylic acids is 1. The molecule has 146 valence electrons. The van der Waals surface area contributed by atoms with Gasteiger partial charge in [0.1, 0.15) is 0 Å². The van der Waals surface area contributed by atoms with Gasteiger partial charge in [0.2, 0.25) is 5.91 Å². The molecule has 29 heavy (non-hydrogen) atoms. The largest absolute Gasteiger partial charge is 0.351 e. The first-order valence-electron chi connectivity index (χ1n) is 9.31. The fraction of sp³-hybridized carbons (Fsp3) is 0.130. The lowest BCUT2D eigenvalue weighted by Gasteiger charge is -2.12. The van der Waals surface area contributed by atoms with E-state index in [1.54, 1.807) is 6.20 Å². The quantitative estimate of drug-likeness (QED) is 0.420. The lowest BCUT2D eigenvalue weighted by molar-refractivity contribution is -0.118. The van der Waals surface area contributed by atoms with Crippen molar-refractivity contribution < 1.29 is 4.79 Å². The molecule has 4 nitrogen and oxygen atoms in total. The molecule has 3 aromatic carbocycles. The van der Waals surface area contributed by atoms with Crippen molar-refractivity contribution in [2.24, 2.45) is 0 Å². The number of benzene rings is 3. The van der Waals surface area contributed by atoms with Gasteiger partial charge in [-0.2, -0.15) is 5.10 Å². The number of nitrogens with zero attached hydrogens (tertiary/aromatic N) is 2. The Balaban J connectivity index is 1.38. The average molecular weight is 422 g/mol. The summed E-state index contributed by atoms with van der Waals surface area (Å²) in [4.78, 5) is 13.5. The predicted octanol–water partition coefficient (Wildman–Crippen LogP) is 5.15. The van der Waals surface area contributed by atoms with Crippen molar-refractivity contribution in [1.29, 1.82) is 0 Å². The maximum absolute atomic E-state index is 12.5. The van der Waals surface area contributed by atoms with Crippen molar-refractivity contribution in [1.82, 2.24) is 15.1 Å². The third kappa shape index (κ3) is 4.81. The van der Waals surface area contributed by atoms with Crippen molar-refractivity contribution in [2.45, 2.75) is 18.0 Å². The summed E-state index contributed by atoms with van der Waals surface area (Å²) in [6.45, 7) is 1.18. The Morgan fingerprint density at radius 3 is 2.59 bits per heavy atom. The summed E-state index contributed by atoms with van der Waals surface area (Å²) < 4.78 is 1.88. The van der Waals surface area contributed by atoms with E-state index in [1.165, 1.54) is 11.8 Å². The number of hydrogen-bond acceptors (Lipinski definition) is 3. The molecule has 1 heterocycles. The molecule has 6 heteroatoms. The molecule has 0 aliphatic heterocycles. The Hall–Kier alpha value is -2.76. The highest BCUT2D eigenvalue weighted by molar-refractivity contribution is 8.00. The molecule has 0 aliphatic rings. The minimum Gasteiger partial charge on any atom is -0.351 e. The molecule has 4 aromatic rings. The van der Waals surface area contributed by atoms with E-state index in [9.17, 15) is 4.79 Å². The van der Waals surface area contributed by atoms with E-state index in [1.807, 2.05) is 71.5 Å². The van der Waals surface area contributed by atoms with Crippen LogP contribution >= 0.6 is 23.4 Å². The number of rotatable bonds is 7. The molecule has 0 saturated heterocycles. The van der Waals surface area contributed by atoms with Crippen molar-refractivity contribution in [2.75, 3.05) is 5.75 Å². The van der Waals surface area contributed by atoms with E-state index < -0.39 is 0 Å². The van der Waals surface area contributed by atoms with Gasteiger partial charge in [0.15, 0.2) is 0 Å². The summed E-state index contributed by atoms with van der Waals surface area (Å²) in [7, 11) is 0. The van der Waals surface area contributed by atoms with E-state index in [2.05, 4.69) is 16.5 Å². The molecule has 1 aromatic heterocycles. The summed E-state index contributed by atoms with van der Waals surface area (Å²) in [5, 5.41) is 10.1. The Morgan fingerprint density at radius 2 is 1.79 bits per heavy atom. The maximum atomic E-state index is 12.5. The molecule has 1 N–H and O–H groups in total. The lowest BCUT2D eigenvalue weighted by Crippen LogP contribution is -2.25. The fourth-order valence-electron chi connectivity index (χ4n) is 3.22. The monoisotopic (exact) mass is 421 g/mol. The number of thioether (sulfide) groups is 1. The highest BCUT2D eigenvalue weighted by atomic mass is 35.5. The zero-order chi connectivity index (χ0) is 20.1. The standard InChI is InChI=1S/C23H20ClN3OS/c24-20-10-3-8-17-9-4-11-21(23(17)20)29-16-22(28)25-14-18-6-1-2-7-19(18)15-27-13-5-12-26-27/h1-13H,14-16H2,(H,25,28). The van der Waals surface area contributed by atoms with Crippen LogP contribution in [0.4, 0.5) is 0 Å². The molecule has 1 amide bonds. The highest BCUT2D eigenvalue weighted by Crippen LogP contribution is 2.33. The van der Waals surface area contributed by atoms with Crippen molar-refractivity contribution in [3.05, 3.63) is 95.3 Å². The van der Waals surface area contributed by atoms with Crippen LogP contribution in [-0.2, 0) is 17.9 Å². The van der Waals surface area contributed by atoms with E-state index in [-0.39, 0.29) is 5.91 Å². The number of nitrogens with one attached hydrogen (secondary N) is 1. The predicted molar refractivity (Wildman–Crippen MR) is 119 cm³/mol. The molecule has 0 saturated carbocycles. The third-order valence-electron chi connectivity index (χ3n) is 4.66. The zero-order valence-corrected chi connectivity index (χ0v) is 17.3. The average Bonchev–Trinajstić information content (AvgIpc) is 3.25. The second-order valence-electron chi connectivity index (χ2n) is 6.63. The van der Waals surface area contributed by atoms with Crippen LogP contribution in [0, 0.1) is 0 Å². The van der Waals surface area contributed by atoms with Gasteiger partial charge in [-0.3, -0.25) is 9.48 Å². The Bertz CT molecular complexity index is 1120. The molecule has 0 radical (unpaired) electrons. The number of hydrogen-bond donors (Lipinski definition) is 1. The number of halogens is 1. The Morgan fingerprint density at radius 1 is 1.00 bits per heavy atom. The Kier molecular flexibility index (Phi) is 6.17. The smallest absolute Gasteiger partial charge is 0.230 e. The maximum Gasteiger partial charge on any atom is 0.230 e. The van der Waals surface area contributed by atoms with Gasteiger partial charge in [-0.05, 0) is 34.7 Å². The van der Waals surface area contributed by atoms with Gasteiger partial charge in [0.25, 0.3) is 0 Å². The topological polar surface area (TPSA) is 46.9 Å². The third-order valence-corrected chi connectivity index (χ3v) is 6.03. The number of fused-ring (bicyclic) bond motifs is 1. The van der Waals surface area contributed by atoms with Gasteiger partial charge in [-0.15, -0.1) is 11.8 Å². The SMILES string of the molecule is O=C(CSc1cccc2cccc(Cl)c12)NCc1ccccc1Cn1cccn1. The van der Waals surface area contributed by atoms with Crippen LogP contribution in [0.3, 0.4) is 0 Å². The van der Waals surface area contributed by atoms with Crippen LogP contribution in [0.15, 0.2) is 84.0 Å². The summed E-state index contributed by atoms with van der Waals surface area (Å²) in [5.74, 6) is 0.332. The van der Waals surface area contributed by atoms with Crippen molar-refractivity contribution in [3.63, 3.8) is 0 Å². The number of carbonyl (C=O) groups is 1. The van der Waals surface area contributed by atoms with Crippen LogP contribution < -0.4 is 5.32 Å². The van der Waals surface area contributed by atoms with Crippen molar-refractivity contribution in [3.8, 4) is 0 Å². The number of aromatic nitrogens is 2.